The number of thiocarbonyl (C=S) groups is 1. The summed E-state index contributed by atoms with van der Waals surface area (Å²) in [4.78, 5) is 41.2. The Morgan fingerprint density at radius 1 is 1.06 bits per heavy atom. The van der Waals surface area contributed by atoms with Gasteiger partial charge in [0.25, 0.3) is 5.91 Å². The third-order valence-corrected chi connectivity index (χ3v) is 8.02. The number of primary amides is 1. The van der Waals surface area contributed by atoms with Gasteiger partial charge in [-0.2, -0.15) is 0 Å². The van der Waals surface area contributed by atoms with Gasteiger partial charge in [0.1, 0.15) is 22.1 Å². The highest BCUT2D eigenvalue weighted by Gasteiger charge is 2.58. The summed E-state index contributed by atoms with van der Waals surface area (Å²) in [6.45, 7) is 0. The molecule has 0 radical (unpaired) electrons. The SMILES string of the molecule is CN1c2cccc(O)c2C(=O)C2C(O)C3C(O)=C(C(N)=O)C(=O)C(NC(=S)c4ccccc4)C3CC21. The standard InChI is InChI=1S/C26H25N3O6S/c1-29-13-8-5-9-15(30)17(13)23(33)18-14(29)10-12-16(21(18)31)22(32)19(25(27)35)24(34)20(12)28-26(36)11-6-3-2-4-7-11/h2-9,12,14,16,18,20-21,30-32H,10H2,1H3,(H2,27,35)(H,28,36). The van der Waals surface area contributed by atoms with Crippen molar-refractivity contribution in [2.75, 3.05) is 11.9 Å². The number of phenols is 1. The summed E-state index contributed by atoms with van der Waals surface area (Å²) in [5.41, 5.74) is 6.10. The molecule has 1 amide bonds. The van der Waals surface area contributed by atoms with Gasteiger partial charge in [0.05, 0.1) is 29.3 Å². The predicted octanol–water partition coefficient (Wildman–Crippen LogP) is 1.22. The molecule has 0 bridgehead atoms. The molecule has 0 spiro atoms. The summed E-state index contributed by atoms with van der Waals surface area (Å²) < 4.78 is 0. The lowest BCUT2D eigenvalue weighted by Crippen LogP contribution is -2.64. The topological polar surface area (TPSA) is 153 Å². The highest BCUT2D eigenvalue weighted by atomic mass is 32.1. The third kappa shape index (κ3) is 3.48. The number of nitrogens with one attached hydrogen (secondary N) is 1. The van der Waals surface area contributed by atoms with Gasteiger partial charge in [-0.15, -0.1) is 0 Å². The van der Waals surface area contributed by atoms with Crippen molar-refractivity contribution in [2.45, 2.75) is 24.6 Å². The number of hydrogen-bond donors (Lipinski definition) is 5. The van der Waals surface area contributed by atoms with E-state index in [-0.39, 0.29) is 22.7 Å². The second-order valence-electron chi connectivity index (χ2n) is 9.46. The van der Waals surface area contributed by atoms with Crippen molar-refractivity contribution in [3.8, 4) is 5.75 Å². The van der Waals surface area contributed by atoms with Crippen molar-refractivity contribution in [1.82, 2.24) is 5.32 Å². The van der Waals surface area contributed by atoms with E-state index in [0.717, 1.165) is 0 Å². The zero-order valence-corrected chi connectivity index (χ0v) is 20.1. The number of phenolic OH excluding ortho intramolecular Hbond substituents is 1. The Hall–Kier alpha value is -3.76. The largest absolute Gasteiger partial charge is 0.511 e. The molecule has 10 heteroatoms. The Labute approximate surface area is 212 Å². The number of aromatic hydroxyl groups is 1. The summed E-state index contributed by atoms with van der Waals surface area (Å²) in [6, 6.07) is 12.1. The molecule has 6 atom stereocenters. The van der Waals surface area contributed by atoms with Crippen LogP contribution in [0.1, 0.15) is 22.3 Å². The Bertz CT molecular complexity index is 1330. The Morgan fingerprint density at radius 2 is 1.75 bits per heavy atom. The summed E-state index contributed by atoms with van der Waals surface area (Å²) in [6.07, 6.45) is -1.23. The molecule has 0 aromatic heterocycles. The minimum Gasteiger partial charge on any atom is -0.511 e. The zero-order valence-electron chi connectivity index (χ0n) is 19.3. The van der Waals surface area contributed by atoms with Gasteiger partial charge in [0.2, 0.25) is 0 Å². The quantitative estimate of drug-likeness (QED) is 0.305. The van der Waals surface area contributed by atoms with Gasteiger partial charge >= 0.3 is 0 Å². The van der Waals surface area contributed by atoms with E-state index in [1.54, 1.807) is 43.4 Å². The molecule has 3 aliphatic rings. The lowest BCUT2D eigenvalue weighted by atomic mass is 9.59. The number of carbonyl (C=O) groups excluding carboxylic acids is 3. The molecule has 5 rings (SSSR count). The van der Waals surface area contributed by atoms with Crippen LogP contribution in [0.4, 0.5) is 5.69 Å². The van der Waals surface area contributed by atoms with Crippen LogP contribution in [0.2, 0.25) is 0 Å². The smallest absolute Gasteiger partial charge is 0.255 e. The second kappa shape index (κ2) is 8.72. The molecule has 6 unspecified atom stereocenters. The number of nitrogens with two attached hydrogens (primary N) is 1. The molecule has 2 aliphatic carbocycles. The number of benzene rings is 2. The lowest BCUT2D eigenvalue weighted by molar-refractivity contribution is -0.127. The van der Waals surface area contributed by atoms with E-state index in [1.807, 2.05) is 11.0 Å². The summed E-state index contributed by atoms with van der Waals surface area (Å²) in [7, 11) is 1.75. The maximum absolute atomic E-state index is 13.5. The summed E-state index contributed by atoms with van der Waals surface area (Å²) in [5.74, 6) is -5.97. The van der Waals surface area contributed by atoms with Crippen LogP contribution in [-0.4, -0.2) is 63.0 Å². The number of Topliss-reactive ketones (excluding diaryl/α,β-unsaturated/α-hetero) is 2. The summed E-state index contributed by atoms with van der Waals surface area (Å²) in [5, 5.41) is 35.9. The van der Waals surface area contributed by atoms with Gasteiger partial charge in [-0.1, -0.05) is 48.6 Å². The number of rotatable bonds is 3. The van der Waals surface area contributed by atoms with Crippen LogP contribution in [-0.2, 0) is 9.59 Å². The molecule has 9 nitrogen and oxygen atoms in total. The van der Waals surface area contributed by atoms with Gasteiger partial charge in [0.15, 0.2) is 11.6 Å². The molecule has 2 aromatic rings. The van der Waals surface area contributed by atoms with Gasteiger partial charge in [-0.05, 0) is 18.6 Å². The highest BCUT2D eigenvalue weighted by molar-refractivity contribution is 7.80. The monoisotopic (exact) mass is 507 g/mol. The molecule has 1 saturated carbocycles. The van der Waals surface area contributed by atoms with Crippen LogP contribution in [0.15, 0.2) is 59.9 Å². The van der Waals surface area contributed by atoms with E-state index in [1.165, 1.54) is 6.07 Å². The maximum atomic E-state index is 13.5. The second-order valence-corrected chi connectivity index (χ2v) is 9.87. The molecular weight excluding hydrogens is 482 g/mol. The number of hydrogen-bond acceptors (Lipinski definition) is 8. The Kier molecular flexibility index (Phi) is 5.80. The molecule has 1 heterocycles. The van der Waals surface area contributed by atoms with Crippen LogP contribution in [0.3, 0.4) is 0 Å². The van der Waals surface area contributed by atoms with E-state index in [4.69, 9.17) is 18.0 Å². The normalized spacial score (nSPS) is 29.2. The molecule has 0 saturated heterocycles. The molecule has 36 heavy (non-hydrogen) atoms. The number of anilines is 1. The third-order valence-electron chi connectivity index (χ3n) is 7.67. The number of carbonyl (C=O) groups is 3. The van der Waals surface area contributed by atoms with Gasteiger partial charge in [-0.3, -0.25) is 14.4 Å². The first-order valence-corrected chi connectivity index (χ1v) is 11.9. The first-order chi connectivity index (χ1) is 17.1. The van der Waals surface area contributed by atoms with Gasteiger partial charge in [-0.25, -0.2) is 0 Å². The number of ketones is 2. The average Bonchev–Trinajstić information content (AvgIpc) is 2.84. The number of aliphatic hydroxyl groups is 2. The first-order valence-electron chi connectivity index (χ1n) is 11.5. The van der Waals surface area contributed by atoms with Crippen molar-refractivity contribution >= 4 is 40.4 Å². The van der Waals surface area contributed by atoms with Crippen LogP contribution in [0, 0.1) is 17.8 Å². The maximum Gasteiger partial charge on any atom is 0.255 e. The first kappa shape index (κ1) is 24.0. The minimum atomic E-state index is -1.45. The molecule has 2 aromatic carbocycles. The number of amides is 1. The minimum absolute atomic E-state index is 0.0872. The van der Waals surface area contributed by atoms with Crippen molar-refractivity contribution in [1.29, 1.82) is 0 Å². The number of fused-ring (bicyclic) bond motifs is 3. The fourth-order valence-corrected chi connectivity index (χ4v) is 6.27. The van der Waals surface area contributed by atoms with Crippen LogP contribution < -0.4 is 16.0 Å². The number of aliphatic hydroxyl groups excluding tert-OH is 2. The number of nitrogens with zero attached hydrogens (tertiary/aromatic N) is 1. The van der Waals surface area contributed by atoms with Gasteiger partial charge in [0, 0.05) is 30.5 Å². The molecular formula is C26H25N3O6S. The van der Waals surface area contributed by atoms with Crippen molar-refractivity contribution < 1.29 is 29.7 Å². The Balaban J connectivity index is 1.60. The van der Waals surface area contributed by atoms with Crippen LogP contribution >= 0.6 is 12.2 Å². The van der Waals surface area contributed by atoms with Crippen molar-refractivity contribution in [2.24, 2.45) is 23.5 Å². The van der Waals surface area contributed by atoms with E-state index in [9.17, 15) is 29.7 Å². The fourth-order valence-electron chi connectivity index (χ4n) is 6.01. The molecule has 186 valence electrons. The van der Waals surface area contributed by atoms with E-state index >= 15 is 0 Å². The lowest BCUT2D eigenvalue weighted by Gasteiger charge is -2.53. The van der Waals surface area contributed by atoms with Crippen LogP contribution in [0.5, 0.6) is 5.75 Å². The Morgan fingerprint density at radius 3 is 2.42 bits per heavy atom. The summed E-state index contributed by atoms with van der Waals surface area (Å²) >= 11 is 5.52. The van der Waals surface area contributed by atoms with E-state index in [2.05, 4.69) is 5.32 Å². The zero-order chi connectivity index (χ0) is 25.9. The fraction of sp³-hybridized carbons (Fsp3) is 0.308. The van der Waals surface area contributed by atoms with Crippen LogP contribution in [0.25, 0.3) is 0 Å². The molecule has 6 N–H and O–H groups in total. The average molecular weight is 508 g/mol. The van der Waals surface area contributed by atoms with Gasteiger partial charge < -0.3 is 31.3 Å². The van der Waals surface area contributed by atoms with E-state index < -0.39 is 64.7 Å². The van der Waals surface area contributed by atoms with E-state index in [0.29, 0.717) is 11.3 Å². The molecule has 1 aliphatic heterocycles. The van der Waals surface area contributed by atoms with Crippen molar-refractivity contribution in [3.05, 3.63) is 71.0 Å². The highest BCUT2D eigenvalue weighted by Crippen LogP contribution is 2.50. The van der Waals surface area contributed by atoms with Crippen molar-refractivity contribution in [3.63, 3.8) is 0 Å². The predicted molar refractivity (Wildman–Crippen MR) is 135 cm³/mol. The molecule has 1 fully saturated rings.